The highest BCUT2D eigenvalue weighted by atomic mass is 35.7. The second kappa shape index (κ2) is 4.31. The molecule has 1 aromatic carbocycles. The molecule has 0 saturated heterocycles. The van der Waals surface area contributed by atoms with Crippen LogP contribution in [0.15, 0.2) is 29.4 Å². The molecule has 0 fully saturated rings. The van der Waals surface area contributed by atoms with E-state index in [1.165, 1.54) is 11.1 Å². The Morgan fingerprint density at radius 1 is 1.37 bits per heavy atom. The Kier molecular flexibility index (Phi) is 2.87. The highest BCUT2D eigenvalue weighted by Crippen LogP contribution is 2.39. The van der Waals surface area contributed by atoms with Crippen molar-refractivity contribution in [2.45, 2.75) is 31.0 Å². The quantitative estimate of drug-likeness (QED) is 0.812. The summed E-state index contributed by atoms with van der Waals surface area (Å²) in [4.78, 5) is 0. The smallest absolute Gasteiger partial charge is 0.296 e. The van der Waals surface area contributed by atoms with Crippen LogP contribution in [0.3, 0.4) is 0 Å². The topological polar surface area (TPSA) is 64.8 Å². The largest absolute Gasteiger partial charge is 0.301 e. The van der Waals surface area contributed by atoms with Crippen LogP contribution in [0.5, 0.6) is 0 Å². The first kappa shape index (κ1) is 12.6. The Labute approximate surface area is 115 Å². The van der Waals surface area contributed by atoms with Crippen molar-refractivity contribution in [1.82, 2.24) is 14.8 Å². The summed E-state index contributed by atoms with van der Waals surface area (Å²) >= 11 is 0. The maximum absolute atomic E-state index is 11.4. The molecule has 0 N–H and O–H groups in total. The molecule has 1 aliphatic carbocycles. The third-order valence-corrected chi connectivity index (χ3v) is 4.60. The zero-order valence-corrected chi connectivity index (χ0v) is 11.8. The van der Waals surface area contributed by atoms with Crippen LogP contribution in [0.25, 0.3) is 0 Å². The molecule has 19 heavy (non-hydrogen) atoms. The molecular weight excluding hydrogens is 286 g/mol. The Morgan fingerprint density at radius 2 is 2.11 bits per heavy atom. The molecule has 1 atom stereocenters. The Hall–Kier alpha value is -1.40. The number of nitrogens with zero attached hydrogens (tertiary/aromatic N) is 3. The van der Waals surface area contributed by atoms with E-state index >= 15 is 0 Å². The van der Waals surface area contributed by atoms with E-state index in [0.29, 0.717) is 12.4 Å². The van der Waals surface area contributed by atoms with Crippen molar-refractivity contribution >= 4 is 19.7 Å². The lowest BCUT2D eigenvalue weighted by molar-refractivity contribution is 0.553. The fraction of sp³-hybridized carbons (Fsp3) is 0.333. The summed E-state index contributed by atoms with van der Waals surface area (Å²) in [5, 5.41) is 7.58. The summed E-state index contributed by atoms with van der Waals surface area (Å²) in [6.07, 6.45) is 0.858. The normalized spacial score (nSPS) is 17.9. The molecule has 0 saturated carbocycles. The summed E-state index contributed by atoms with van der Waals surface area (Å²) in [6.45, 7) is 2.32. The number of aromatic nitrogens is 3. The van der Waals surface area contributed by atoms with Crippen LogP contribution in [-0.4, -0.2) is 23.2 Å². The zero-order chi connectivity index (χ0) is 13.6. The predicted octanol–water partition coefficient (Wildman–Crippen LogP) is 1.91. The third kappa shape index (κ3) is 1.95. The first-order valence-corrected chi connectivity index (χ1v) is 8.29. The van der Waals surface area contributed by atoms with Gasteiger partial charge in [0.15, 0.2) is 0 Å². The molecule has 3 rings (SSSR count). The molecule has 2 aromatic rings. The molecule has 0 aliphatic heterocycles. The molecule has 0 amide bonds. The molecule has 0 bridgehead atoms. The van der Waals surface area contributed by atoms with Crippen LogP contribution < -0.4 is 0 Å². The Morgan fingerprint density at radius 3 is 2.74 bits per heavy atom. The molecule has 5 nitrogen and oxygen atoms in total. The summed E-state index contributed by atoms with van der Waals surface area (Å²) in [5.41, 5.74) is 2.46. The van der Waals surface area contributed by atoms with E-state index in [4.69, 9.17) is 10.7 Å². The zero-order valence-electron chi connectivity index (χ0n) is 10.2. The van der Waals surface area contributed by atoms with Crippen LogP contribution in [0.4, 0.5) is 0 Å². The third-order valence-electron chi connectivity index (χ3n) is 3.45. The second-order valence-electron chi connectivity index (χ2n) is 4.48. The van der Waals surface area contributed by atoms with E-state index in [1.807, 2.05) is 25.1 Å². The molecule has 0 radical (unpaired) electrons. The lowest BCUT2D eigenvalue weighted by Gasteiger charge is -2.29. The molecule has 1 aromatic heterocycles. The summed E-state index contributed by atoms with van der Waals surface area (Å²) in [5.74, 6) is 0.774. The van der Waals surface area contributed by atoms with Crippen molar-refractivity contribution < 1.29 is 8.42 Å². The van der Waals surface area contributed by atoms with Crippen LogP contribution >= 0.6 is 10.7 Å². The van der Waals surface area contributed by atoms with Gasteiger partial charge in [-0.1, -0.05) is 24.3 Å². The average Bonchev–Trinajstić information content (AvgIpc) is 2.74. The Bertz CT molecular complexity index is 739. The number of fused-ring (bicyclic) bond motifs is 1. The van der Waals surface area contributed by atoms with Gasteiger partial charge >= 0.3 is 0 Å². The molecule has 1 unspecified atom stereocenters. The van der Waals surface area contributed by atoms with Gasteiger partial charge in [0.25, 0.3) is 14.2 Å². The summed E-state index contributed by atoms with van der Waals surface area (Å²) < 4.78 is 24.5. The second-order valence-corrected chi connectivity index (χ2v) is 6.94. The van der Waals surface area contributed by atoms with E-state index in [9.17, 15) is 8.42 Å². The standard InChI is InChI=1S/C12H12ClN3O2S/c1-2-16-11(14-15-12(16)19(13,17)18)10-7-8-5-3-4-6-9(8)10/h3-6,10H,2,7H2,1H3. The number of halogens is 1. The van der Waals surface area contributed by atoms with Gasteiger partial charge in [-0.05, 0) is 24.5 Å². The molecule has 1 heterocycles. The van der Waals surface area contributed by atoms with E-state index < -0.39 is 9.05 Å². The summed E-state index contributed by atoms with van der Waals surface area (Å²) in [6, 6.07) is 8.07. The number of benzene rings is 1. The minimum absolute atomic E-state index is 0.107. The lowest BCUT2D eigenvalue weighted by atomic mass is 9.77. The van der Waals surface area contributed by atoms with Gasteiger partial charge in [-0.2, -0.15) is 0 Å². The molecule has 7 heteroatoms. The predicted molar refractivity (Wildman–Crippen MR) is 70.7 cm³/mol. The molecule has 0 spiro atoms. The number of hydrogen-bond donors (Lipinski definition) is 0. The lowest BCUT2D eigenvalue weighted by Crippen LogP contribution is -2.22. The van der Waals surface area contributed by atoms with Crippen molar-refractivity contribution in [2.24, 2.45) is 0 Å². The van der Waals surface area contributed by atoms with Crippen molar-refractivity contribution in [3.05, 3.63) is 41.2 Å². The van der Waals surface area contributed by atoms with Crippen molar-refractivity contribution in [2.75, 3.05) is 0 Å². The van der Waals surface area contributed by atoms with Gasteiger partial charge in [0.2, 0.25) is 0 Å². The number of hydrogen-bond acceptors (Lipinski definition) is 4. The first-order chi connectivity index (χ1) is 9.02. The van der Waals surface area contributed by atoms with Crippen LogP contribution in [-0.2, 0) is 22.0 Å². The van der Waals surface area contributed by atoms with Crippen molar-refractivity contribution in [3.8, 4) is 0 Å². The van der Waals surface area contributed by atoms with Gasteiger partial charge in [0.05, 0.1) is 0 Å². The first-order valence-electron chi connectivity index (χ1n) is 5.98. The maximum Gasteiger partial charge on any atom is 0.296 e. The van der Waals surface area contributed by atoms with E-state index in [1.54, 1.807) is 4.57 Å². The van der Waals surface area contributed by atoms with Gasteiger partial charge in [0.1, 0.15) is 5.82 Å². The maximum atomic E-state index is 11.4. The Balaban J connectivity index is 2.07. The monoisotopic (exact) mass is 297 g/mol. The van der Waals surface area contributed by atoms with Crippen LogP contribution in [0.1, 0.15) is 29.8 Å². The van der Waals surface area contributed by atoms with Crippen molar-refractivity contribution in [3.63, 3.8) is 0 Å². The molecule has 1 aliphatic rings. The van der Waals surface area contributed by atoms with Crippen molar-refractivity contribution in [1.29, 1.82) is 0 Å². The van der Waals surface area contributed by atoms with Gasteiger partial charge in [0, 0.05) is 23.1 Å². The fourth-order valence-corrected chi connectivity index (χ4v) is 3.49. The summed E-state index contributed by atoms with van der Waals surface area (Å²) in [7, 11) is 1.51. The van der Waals surface area contributed by atoms with E-state index in [0.717, 1.165) is 6.42 Å². The fourth-order valence-electron chi connectivity index (χ4n) is 2.52. The highest BCUT2D eigenvalue weighted by Gasteiger charge is 2.33. The van der Waals surface area contributed by atoms with Gasteiger partial charge < -0.3 is 4.57 Å². The van der Waals surface area contributed by atoms with Crippen LogP contribution in [0, 0.1) is 0 Å². The average molecular weight is 298 g/mol. The minimum Gasteiger partial charge on any atom is -0.301 e. The highest BCUT2D eigenvalue weighted by molar-refractivity contribution is 8.13. The van der Waals surface area contributed by atoms with Gasteiger partial charge in [-0.15, -0.1) is 10.2 Å². The van der Waals surface area contributed by atoms with Gasteiger partial charge in [-0.3, -0.25) is 0 Å². The van der Waals surface area contributed by atoms with Gasteiger partial charge in [-0.25, -0.2) is 8.42 Å². The molecule has 100 valence electrons. The minimum atomic E-state index is -3.86. The molecular formula is C12H12ClN3O2S. The SMILES string of the molecule is CCn1c(C2Cc3ccccc32)nnc1S(=O)(=O)Cl. The number of rotatable bonds is 3. The van der Waals surface area contributed by atoms with Crippen LogP contribution in [0.2, 0.25) is 0 Å². The van der Waals surface area contributed by atoms with E-state index in [-0.39, 0.29) is 11.1 Å². The van der Waals surface area contributed by atoms with E-state index in [2.05, 4.69) is 16.3 Å².